The van der Waals surface area contributed by atoms with Crippen molar-refractivity contribution in [1.82, 2.24) is 14.5 Å². The summed E-state index contributed by atoms with van der Waals surface area (Å²) >= 11 is 0. The van der Waals surface area contributed by atoms with Crippen LogP contribution < -0.4 is 0 Å². The Morgan fingerprint density at radius 2 is 1.11 bits per heavy atom. The smallest absolute Gasteiger partial charge is 0.149 e. The molecule has 71 heavy (non-hydrogen) atoms. The molecule has 0 saturated heterocycles. The van der Waals surface area contributed by atoms with Crippen molar-refractivity contribution in [2.75, 3.05) is 0 Å². The number of fused-ring (bicyclic) bond motifs is 1. The molecule has 2 aromatic heterocycles. The maximum absolute atomic E-state index is 12.7. The molecule has 0 atom stereocenters. The Morgan fingerprint density at radius 3 is 1.75 bits per heavy atom. The monoisotopic (exact) mass is 936 g/mol. The number of pyridine rings is 1. The fourth-order valence-electron chi connectivity index (χ4n) is 9.70. The van der Waals surface area contributed by atoms with E-state index in [2.05, 4.69) is 201 Å². The van der Waals surface area contributed by atoms with Gasteiger partial charge in [-0.1, -0.05) is 193 Å². The molecule has 0 saturated carbocycles. The number of aromatic nitrogens is 3. The van der Waals surface area contributed by atoms with Gasteiger partial charge >= 0.3 is 0 Å². The van der Waals surface area contributed by atoms with Crippen molar-refractivity contribution in [2.45, 2.75) is 125 Å². The van der Waals surface area contributed by atoms with E-state index >= 15 is 0 Å². The SMILES string of the molecule is [2H]C(C)(C)c1ccc(-c2ccnc(-c3cc(-c4cccc5c4nc(-c4cc(C(C)(C)C)cc(C([2H])(C)C)c4O)n5-c4cc(-c5ccccc5)c(C)cc4-c4ccc(C(C)(C)C)cc4)cc(C(C)(C)C)c3)c2)cc1. The first-order valence-electron chi connectivity index (χ1n) is 26.1. The molecule has 0 bridgehead atoms. The number of phenolic OH excluding ortho intramolecular Hbond substituents is 1. The molecule has 0 aliphatic rings. The van der Waals surface area contributed by atoms with E-state index in [-0.39, 0.29) is 22.0 Å². The molecule has 0 radical (unpaired) electrons. The van der Waals surface area contributed by atoms with Gasteiger partial charge in [0, 0.05) is 25.6 Å². The third kappa shape index (κ3) is 9.74. The molecule has 0 unspecified atom stereocenters. The minimum absolute atomic E-state index is 0.0207. The number of nitrogens with zero attached hydrogens (tertiary/aromatic N) is 3. The Labute approximate surface area is 426 Å². The summed E-state index contributed by atoms with van der Waals surface area (Å²) in [6.07, 6.45) is 1.88. The van der Waals surface area contributed by atoms with Gasteiger partial charge in [0.15, 0.2) is 0 Å². The Morgan fingerprint density at radius 1 is 0.493 bits per heavy atom. The van der Waals surface area contributed by atoms with Gasteiger partial charge in [0.2, 0.25) is 0 Å². The summed E-state index contributed by atoms with van der Waals surface area (Å²) in [5.74, 6) is -1.15. The summed E-state index contributed by atoms with van der Waals surface area (Å²) in [4.78, 5) is 10.7. The fraction of sp³-hybridized carbons (Fsp3) is 0.284. The normalized spacial score (nSPS) is 13.1. The van der Waals surface area contributed by atoms with Crippen molar-refractivity contribution in [1.29, 1.82) is 0 Å². The second-order valence-corrected chi connectivity index (χ2v) is 23.0. The summed E-state index contributed by atoms with van der Waals surface area (Å²) in [7, 11) is 0. The maximum Gasteiger partial charge on any atom is 0.149 e. The molecule has 0 spiro atoms. The molecule has 0 aliphatic carbocycles. The third-order valence-corrected chi connectivity index (χ3v) is 14.1. The molecular formula is C67H71N3O. The number of hydrogen-bond acceptors (Lipinski definition) is 3. The predicted octanol–water partition coefficient (Wildman–Crippen LogP) is 18.6. The average molecular weight is 936 g/mol. The van der Waals surface area contributed by atoms with Crippen LogP contribution in [0.25, 0.3) is 83.9 Å². The van der Waals surface area contributed by atoms with Crippen LogP contribution >= 0.6 is 0 Å². The molecule has 0 fully saturated rings. The van der Waals surface area contributed by atoms with Crippen LogP contribution in [-0.2, 0) is 16.2 Å². The van der Waals surface area contributed by atoms with Gasteiger partial charge < -0.3 is 5.11 Å². The van der Waals surface area contributed by atoms with Crippen LogP contribution in [0.1, 0.15) is 138 Å². The van der Waals surface area contributed by atoms with Crippen LogP contribution in [0.3, 0.4) is 0 Å². The second kappa shape index (κ2) is 18.6. The number of phenols is 1. The van der Waals surface area contributed by atoms with Crippen molar-refractivity contribution >= 4 is 11.0 Å². The van der Waals surface area contributed by atoms with E-state index in [1.165, 1.54) is 5.56 Å². The average Bonchev–Trinajstić information content (AvgIpc) is 3.72. The van der Waals surface area contributed by atoms with Crippen LogP contribution in [0.4, 0.5) is 0 Å². The first-order chi connectivity index (χ1) is 34.2. The van der Waals surface area contributed by atoms with E-state index in [1.807, 2.05) is 58.2 Å². The zero-order valence-corrected chi connectivity index (χ0v) is 44.3. The lowest BCUT2D eigenvalue weighted by Crippen LogP contribution is -2.13. The number of benzene rings is 7. The summed E-state index contributed by atoms with van der Waals surface area (Å²) < 4.78 is 20.2. The molecule has 0 aliphatic heterocycles. The highest BCUT2D eigenvalue weighted by atomic mass is 16.3. The third-order valence-electron chi connectivity index (χ3n) is 14.1. The molecule has 360 valence electrons. The molecule has 4 nitrogen and oxygen atoms in total. The Bertz CT molecular complexity index is 3510. The number of para-hydroxylation sites is 1. The highest BCUT2D eigenvalue weighted by molar-refractivity contribution is 5.98. The minimum Gasteiger partial charge on any atom is -0.507 e. The standard InChI is InChI=1S/C67H71N3O/c1-41(2)44-23-25-45(26-24-44)48-31-32-68-59(37-48)50-34-49(35-52(36-50)66(9,10)11)54-21-18-22-60-62(54)69-64(58-39-53(67(12,13)14)38-55(42(3)4)63(58)71)70(60)61-40-56(46-19-16-15-17-20-46)43(5)33-57(61)47-27-29-51(30-28-47)65(6,7)8/h15-42,71H,1-14H3/i41D,42D. The first kappa shape index (κ1) is 46.3. The zero-order valence-electron chi connectivity index (χ0n) is 46.3. The lowest BCUT2D eigenvalue weighted by atomic mass is 9.83. The predicted molar refractivity (Wildman–Crippen MR) is 302 cm³/mol. The minimum atomic E-state index is -1.11. The van der Waals surface area contributed by atoms with Gasteiger partial charge in [-0.3, -0.25) is 9.55 Å². The van der Waals surface area contributed by atoms with Gasteiger partial charge in [-0.05, 0) is 150 Å². The van der Waals surface area contributed by atoms with Crippen LogP contribution in [0.5, 0.6) is 5.75 Å². The lowest BCUT2D eigenvalue weighted by Gasteiger charge is -2.24. The van der Waals surface area contributed by atoms with Crippen LogP contribution in [0, 0.1) is 6.92 Å². The molecule has 9 aromatic rings. The van der Waals surface area contributed by atoms with Gasteiger partial charge in [0.1, 0.15) is 11.6 Å². The number of aromatic hydroxyl groups is 1. The van der Waals surface area contributed by atoms with Gasteiger partial charge in [0.05, 0.1) is 28.0 Å². The highest BCUT2D eigenvalue weighted by Crippen LogP contribution is 2.46. The summed E-state index contributed by atoms with van der Waals surface area (Å²) in [6, 6.07) is 53.9. The van der Waals surface area contributed by atoms with E-state index < -0.39 is 11.8 Å². The Balaban J connectivity index is 1.36. The van der Waals surface area contributed by atoms with Gasteiger partial charge in [-0.15, -0.1) is 0 Å². The van der Waals surface area contributed by atoms with Gasteiger partial charge in [-0.2, -0.15) is 0 Å². The van der Waals surface area contributed by atoms with E-state index in [4.69, 9.17) is 11.3 Å². The molecule has 9 rings (SSSR count). The van der Waals surface area contributed by atoms with Crippen molar-refractivity contribution in [2.24, 2.45) is 0 Å². The largest absolute Gasteiger partial charge is 0.507 e. The summed E-state index contributed by atoms with van der Waals surface area (Å²) in [6.45, 7) is 29.7. The molecule has 4 heteroatoms. The number of hydrogen-bond donors (Lipinski definition) is 1. The molecule has 0 amide bonds. The van der Waals surface area contributed by atoms with Crippen molar-refractivity contribution in [3.8, 4) is 78.6 Å². The Hall–Kier alpha value is -7.04. The van der Waals surface area contributed by atoms with Crippen molar-refractivity contribution in [3.63, 3.8) is 0 Å². The van der Waals surface area contributed by atoms with E-state index in [0.717, 1.165) is 94.7 Å². The second-order valence-electron chi connectivity index (χ2n) is 23.0. The first-order valence-corrected chi connectivity index (χ1v) is 25.1. The van der Waals surface area contributed by atoms with E-state index in [1.54, 1.807) is 0 Å². The molecular weight excluding hydrogens is 863 g/mol. The quantitative estimate of drug-likeness (QED) is 0.157. The highest BCUT2D eigenvalue weighted by Gasteiger charge is 2.28. The van der Waals surface area contributed by atoms with E-state index in [9.17, 15) is 6.48 Å². The molecule has 7 aromatic carbocycles. The summed E-state index contributed by atoms with van der Waals surface area (Å²) in [5, 5.41) is 12.7. The number of imidazole rings is 1. The fourth-order valence-corrected chi connectivity index (χ4v) is 9.70. The Kier molecular flexibility index (Phi) is 12.1. The van der Waals surface area contributed by atoms with E-state index in [0.29, 0.717) is 17.0 Å². The molecule has 1 N–H and O–H groups in total. The van der Waals surface area contributed by atoms with Crippen LogP contribution in [0.2, 0.25) is 0 Å². The molecule has 2 heterocycles. The summed E-state index contributed by atoms with van der Waals surface area (Å²) in [5.41, 5.74) is 19.0. The maximum atomic E-state index is 12.7. The topological polar surface area (TPSA) is 50.9 Å². The van der Waals surface area contributed by atoms with Gasteiger partial charge in [-0.25, -0.2) is 4.98 Å². The zero-order chi connectivity index (χ0) is 52.6. The van der Waals surface area contributed by atoms with Crippen LogP contribution in [-0.4, -0.2) is 19.6 Å². The van der Waals surface area contributed by atoms with Crippen LogP contribution in [0.15, 0.2) is 158 Å². The van der Waals surface area contributed by atoms with Crippen molar-refractivity contribution < 1.29 is 7.85 Å². The van der Waals surface area contributed by atoms with Crippen molar-refractivity contribution in [3.05, 3.63) is 191 Å². The number of aryl methyl sites for hydroxylation is 1. The van der Waals surface area contributed by atoms with Gasteiger partial charge in [0.25, 0.3) is 0 Å². The number of rotatable bonds is 9. The lowest BCUT2D eigenvalue weighted by molar-refractivity contribution is 0.465.